The molecule has 0 spiro atoms. The Hall–Kier alpha value is -2.08. The molecule has 0 aliphatic carbocycles. The van der Waals surface area contributed by atoms with Crippen LogP contribution in [0.15, 0.2) is 29.6 Å². The molecule has 2 unspecified atom stereocenters. The third-order valence-electron chi connectivity index (χ3n) is 3.92. The molecule has 1 saturated heterocycles. The van der Waals surface area contributed by atoms with Crippen LogP contribution in [0.4, 0.5) is 10.5 Å². The van der Waals surface area contributed by atoms with Gasteiger partial charge in [-0.05, 0) is 40.9 Å². The second-order valence-corrected chi connectivity index (χ2v) is 6.38. The van der Waals surface area contributed by atoms with E-state index in [1.165, 1.54) is 4.70 Å². The quantitative estimate of drug-likeness (QED) is 0.895. The number of nitrogens with one attached hydrogen (secondary N) is 1. The van der Waals surface area contributed by atoms with Crippen molar-refractivity contribution in [3.8, 4) is 0 Å². The van der Waals surface area contributed by atoms with Gasteiger partial charge in [-0.25, -0.2) is 4.79 Å². The minimum absolute atomic E-state index is 0.0207. The molecular formula is C15H16N2O3S. The fourth-order valence-electron chi connectivity index (χ4n) is 2.70. The third-order valence-corrected chi connectivity index (χ3v) is 4.82. The molecule has 1 aromatic carbocycles. The Labute approximate surface area is 126 Å². The highest BCUT2D eigenvalue weighted by atomic mass is 32.1. The molecule has 2 heterocycles. The van der Waals surface area contributed by atoms with Gasteiger partial charge in [0.05, 0.1) is 5.92 Å². The molecule has 0 saturated carbocycles. The lowest BCUT2D eigenvalue weighted by Gasteiger charge is -2.17. The van der Waals surface area contributed by atoms with Gasteiger partial charge in [0.25, 0.3) is 0 Å². The zero-order valence-electron chi connectivity index (χ0n) is 11.6. The summed E-state index contributed by atoms with van der Waals surface area (Å²) in [5, 5.41) is 15.1. The summed E-state index contributed by atoms with van der Waals surface area (Å²) in [6.07, 6.45) is 0. The molecule has 1 aliphatic rings. The number of carboxylic acid groups (broad SMARTS) is 1. The summed E-state index contributed by atoms with van der Waals surface area (Å²) in [4.78, 5) is 24.9. The molecule has 2 amide bonds. The molecule has 110 valence electrons. The molecule has 0 bridgehead atoms. The first kappa shape index (κ1) is 13.9. The molecule has 1 aliphatic heterocycles. The Morgan fingerprint density at radius 1 is 1.33 bits per heavy atom. The molecule has 1 aromatic heterocycles. The van der Waals surface area contributed by atoms with Gasteiger partial charge in [-0.1, -0.05) is 6.92 Å². The fraction of sp³-hybridized carbons (Fsp3) is 0.333. The maximum absolute atomic E-state index is 12.2. The molecule has 21 heavy (non-hydrogen) atoms. The number of likely N-dealkylation sites (tertiary alicyclic amines) is 1. The van der Waals surface area contributed by atoms with E-state index in [4.69, 9.17) is 5.11 Å². The molecule has 3 rings (SSSR count). The highest BCUT2D eigenvalue weighted by molar-refractivity contribution is 7.17. The smallest absolute Gasteiger partial charge is 0.321 e. The number of anilines is 1. The van der Waals surface area contributed by atoms with Gasteiger partial charge in [-0.2, -0.15) is 0 Å². The van der Waals surface area contributed by atoms with E-state index in [0.717, 1.165) is 11.1 Å². The standard InChI is InChI=1S/C15H16N2O3S/c1-9-7-17(8-12(9)14(18)19)15(20)16-11-2-3-13-10(6-11)4-5-21-13/h2-6,9,12H,7-8H2,1H3,(H,16,20)(H,18,19). The van der Waals surface area contributed by atoms with Crippen LogP contribution >= 0.6 is 11.3 Å². The van der Waals surface area contributed by atoms with Crippen molar-refractivity contribution in [2.75, 3.05) is 18.4 Å². The fourth-order valence-corrected chi connectivity index (χ4v) is 3.47. The number of fused-ring (bicyclic) bond motifs is 1. The van der Waals surface area contributed by atoms with Crippen LogP contribution in [0.5, 0.6) is 0 Å². The number of nitrogens with zero attached hydrogens (tertiary/aromatic N) is 1. The van der Waals surface area contributed by atoms with Crippen molar-refractivity contribution >= 4 is 39.1 Å². The summed E-state index contributed by atoms with van der Waals surface area (Å²) in [5.74, 6) is -1.33. The van der Waals surface area contributed by atoms with Crippen LogP contribution in [0.1, 0.15) is 6.92 Å². The molecule has 5 nitrogen and oxygen atoms in total. The van der Waals surface area contributed by atoms with Crippen LogP contribution in [-0.4, -0.2) is 35.1 Å². The normalized spacial score (nSPS) is 21.7. The van der Waals surface area contributed by atoms with Gasteiger partial charge in [0.15, 0.2) is 0 Å². The Bertz CT molecular complexity index is 697. The zero-order chi connectivity index (χ0) is 15.0. The largest absolute Gasteiger partial charge is 0.481 e. The van der Waals surface area contributed by atoms with Crippen molar-refractivity contribution in [2.24, 2.45) is 11.8 Å². The van der Waals surface area contributed by atoms with E-state index in [1.54, 1.807) is 16.2 Å². The van der Waals surface area contributed by atoms with Crippen molar-refractivity contribution in [1.29, 1.82) is 0 Å². The van der Waals surface area contributed by atoms with Crippen LogP contribution in [0.2, 0.25) is 0 Å². The van der Waals surface area contributed by atoms with Crippen molar-refractivity contribution < 1.29 is 14.7 Å². The van der Waals surface area contributed by atoms with Crippen molar-refractivity contribution in [2.45, 2.75) is 6.92 Å². The number of benzene rings is 1. The number of rotatable bonds is 2. The third kappa shape index (κ3) is 2.71. The Kier molecular flexibility index (Phi) is 3.55. The highest BCUT2D eigenvalue weighted by Crippen LogP contribution is 2.26. The van der Waals surface area contributed by atoms with Gasteiger partial charge in [-0.15, -0.1) is 11.3 Å². The first-order valence-corrected chi connectivity index (χ1v) is 7.68. The summed E-state index contributed by atoms with van der Waals surface area (Å²) in [5.41, 5.74) is 0.734. The van der Waals surface area contributed by atoms with Crippen molar-refractivity contribution in [1.82, 2.24) is 4.90 Å². The number of hydrogen-bond donors (Lipinski definition) is 2. The van der Waals surface area contributed by atoms with Crippen LogP contribution < -0.4 is 5.32 Å². The maximum atomic E-state index is 12.2. The van der Waals surface area contributed by atoms with E-state index in [-0.39, 0.29) is 18.5 Å². The number of carbonyl (C=O) groups is 2. The minimum atomic E-state index is -0.836. The Morgan fingerprint density at radius 2 is 2.14 bits per heavy atom. The van der Waals surface area contributed by atoms with Gasteiger partial charge in [-0.3, -0.25) is 4.79 Å². The number of carboxylic acids is 1. The summed E-state index contributed by atoms with van der Waals surface area (Å²) in [7, 11) is 0. The molecule has 6 heteroatoms. The van der Waals surface area contributed by atoms with Gasteiger partial charge >= 0.3 is 12.0 Å². The Balaban J connectivity index is 1.70. The van der Waals surface area contributed by atoms with E-state index >= 15 is 0 Å². The molecule has 2 atom stereocenters. The maximum Gasteiger partial charge on any atom is 0.321 e. The summed E-state index contributed by atoms with van der Waals surface area (Å²) < 4.78 is 1.17. The average Bonchev–Trinajstić information content (AvgIpc) is 3.04. The number of carbonyl (C=O) groups excluding carboxylic acids is 1. The predicted octanol–water partition coefficient (Wildman–Crippen LogP) is 3.09. The minimum Gasteiger partial charge on any atom is -0.481 e. The van der Waals surface area contributed by atoms with Gasteiger partial charge in [0, 0.05) is 23.5 Å². The van der Waals surface area contributed by atoms with E-state index < -0.39 is 11.9 Å². The summed E-state index contributed by atoms with van der Waals surface area (Å²) in [6.45, 7) is 2.61. The lowest BCUT2D eigenvalue weighted by Crippen LogP contribution is -2.33. The number of amides is 2. The average molecular weight is 304 g/mol. The monoisotopic (exact) mass is 304 g/mol. The first-order valence-electron chi connectivity index (χ1n) is 6.80. The summed E-state index contributed by atoms with van der Waals surface area (Å²) in [6, 6.07) is 7.54. The van der Waals surface area contributed by atoms with Gasteiger partial charge < -0.3 is 15.3 Å². The lowest BCUT2D eigenvalue weighted by molar-refractivity contribution is -0.142. The number of aliphatic carboxylic acids is 1. The summed E-state index contributed by atoms with van der Waals surface area (Å²) >= 11 is 1.66. The van der Waals surface area contributed by atoms with Crippen LogP contribution in [0, 0.1) is 11.8 Å². The first-order chi connectivity index (χ1) is 10.0. The van der Waals surface area contributed by atoms with E-state index in [0.29, 0.717) is 6.54 Å². The van der Waals surface area contributed by atoms with E-state index in [1.807, 2.05) is 36.6 Å². The molecule has 2 N–H and O–H groups in total. The van der Waals surface area contributed by atoms with Crippen molar-refractivity contribution in [3.05, 3.63) is 29.6 Å². The molecular weight excluding hydrogens is 288 g/mol. The van der Waals surface area contributed by atoms with Crippen LogP contribution in [0.25, 0.3) is 10.1 Å². The molecule has 0 radical (unpaired) electrons. The van der Waals surface area contributed by atoms with Crippen molar-refractivity contribution in [3.63, 3.8) is 0 Å². The molecule has 1 fully saturated rings. The Morgan fingerprint density at radius 3 is 2.86 bits per heavy atom. The van der Waals surface area contributed by atoms with E-state index in [9.17, 15) is 9.59 Å². The van der Waals surface area contributed by atoms with E-state index in [2.05, 4.69) is 5.32 Å². The lowest BCUT2D eigenvalue weighted by atomic mass is 9.99. The topological polar surface area (TPSA) is 69.6 Å². The number of urea groups is 1. The SMILES string of the molecule is CC1CN(C(=O)Nc2ccc3sccc3c2)CC1C(=O)O. The highest BCUT2D eigenvalue weighted by Gasteiger charge is 2.36. The second kappa shape index (κ2) is 5.37. The number of hydrogen-bond acceptors (Lipinski definition) is 3. The van der Waals surface area contributed by atoms with Gasteiger partial charge in [0.2, 0.25) is 0 Å². The second-order valence-electron chi connectivity index (χ2n) is 5.43. The zero-order valence-corrected chi connectivity index (χ0v) is 12.4. The number of thiophene rings is 1. The van der Waals surface area contributed by atoms with Crippen LogP contribution in [0.3, 0.4) is 0 Å². The van der Waals surface area contributed by atoms with Gasteiger partial charge in [0.1, 0.15) is 0 Å². The van der Waals surface area contributed by atoms with Crippen LogP contribution in [-0.2, 0) is 4.79 Å². The molecule has 2 aromatic rings. The predicted molar refractivity (Wildman–Crippen MR) is 82.7 cm³/mol.